The van der Waals surface area contributed by atoms with Crippen LogP contribution in [0.5, 0.6) is 0 Å². The van der Waals surface area contributed by atoms with Crippen LogP contribution in [-0.2, 0) is 12.7 Å². The highest BCUT2D eigenvalue weighted by Crippen LogP contribution is 2.38. The zero-order valence-corrected chi connectivity index (χ0v) is 17.5. The zero-order valence-electron chi connectivity index (χ0n) is 17.5. The van der Waals surface area contributed by atoms with Crippen molar-refractivity contribution in [3.8, 4) is 5.69 Å². The summed E-state index contributed by atoms with van der Waals surface area (Å²) < 4.78 is 43.7. The van der Waals surface area contributed by atoms with Crippen LogP contribution in [0.25, 0.3) is 5.69 Å². The van der Waals surface area contributed by atoms with E-state index < -0.39 is 23.2 Å². The number of pyridine rings is 1. The maximum Gasteiger partial charge on any atom is 0.417 e. The minimum absolute atomic E-state index is 0.0728. The van der Waals surface area contributed by atoms with Crippen LogP contribution in [0.4, 0.5) is 30.4 Å². The number of fused-ring (bicyclic) bond motifs is 2. The number of nitrogens with zero attached hydrogens (tertiary/aromatic N) is 4. The van der Waals surface area contributed by atoms with Crippen LogP contribution in [0, 0.1) is 6.92 Å². The van der Waals surface area contributed by atoms with Gasteiger partial charge in [0.1, 0.15) is 5.82 Å². The second-order valence-corrected chi connectivity index (χ2v) is 7.66. The van der Waals surface area contributed by atoms with Crippen molar-refractivity contribution in [1.82, 2.24) is 14.8 Å². The van der Waals surface area contributed by atoms with Gasteiger partial charge >= 0.3 is 6.18 Å². The lowest BCUT2D eigenvalue weighted by atomic mass is 10.0. The molecule has 0 spiro atoms. The third-order valence-electron chi connectivity index (χ3n) is 5.53. The summed E-state index contributed by atoms with van der Waals surface area (Å²) in [4.78, 5) is 19.3. The molecule has 4 aromatic rings. The summed E-state index contributed by atoms with van der Waals surface area (Å²) >= 11 is 0. The molecule has 0 atom stereocenters. The summed E-state index contributed by atoms with van der Waals surface area (Å²) in [6.07, 6.45) is -1.61. The Morgan fingerprint density at radius 2 is 1.85 bits per heavy atom. The van der Waals surface area contributed by atoms with E-state index in [0.717, 1.165) is 6.07 Å². The molecule has 0 saturated heterocycles. The molecule has 166 valence electrons. The molecule has 3 heterocycles. The number of alkyl halides is 3. The Labute approximate surface area is 187 Å². The number of aryl methyl sites for hydroxylation is 1. The number of carbonyl (C=O) groups is 1. The molecule has 1 aliphatic rings. The van der Waals surface area contributed by atoms with Crippen LogP contribution < -0.4 is 10.2 Å². The number of nitrogens with one attached hydrogen (secondary N) is 1. The maximum atomic E-state index is 14.1. The first-order valence-corrected chi connectivity index (χ1v) is 10.2. The Balaban J connectivity index is 1.64. The highest BCUT2D eigenvalue weighted by molar-refractivity contribution is 6.09. The van der Waals surface area contributed by atoms with Crippen LogP contribution in [0.3, 0.4) is 0 Å². The van der Waals surface area contributed by atoms with Crippen molar-refractivity contribution in [3.05, 3.63) is 95.4 Å². The SMILES string of the molecule is Cc1ccnn1-c1ccc(C(=O)N2Cc3cccnc3Nc3ccccc32)c(C(F)(F)F)c1. The first-order valence-electron chi connectivity index (χ1n) is 10.2. The number of benzene rings is 2. The highest BCUT2D eigenvalue weighted by atomic mass is 19.4. The van der Waals surface area contributed by atoms with Crippen LogP contribution in [0.15, 0.2) is 73.1 Å². The molecule has 33 heavy (non-hydrogen) atoms. The van der Waals surface area contributed by atoms with Crippen LogP contribution in [0.1, 0.15) is 27.2 Å². The third-order valence-corrected chi connectivity index (χ3v) is 5.53. The Morgan fingerprint density at radius 3 is 2.61 bits per heavy atom. The molecule has 1 N–H and O–H groups in total. The van der Waals surface area contributed by atoms with E-state index in [0.29, 0.717) is 28.5 Å². The summed E-state index contributed by atoms with van der Waals surface area (Å²) in [5, 5.41) is 7.26. The summed E-state index contributed by atoms with van der Waals surface area (Å²) in [6.45, 7) is 1.81. The number of amides is 1. The van der Waals surface area contributed by atoms with E-state index in [9.17, 15) is 18.0 Å². The minimum atomic E-state index is -4.73. The monoisotopic (exact) mass is 449 g/mol. The van der Waals surface area contributed by atoms with E-state index in [-0.39, 0.29) is 12.2 Å². The van der Waals surface area contributed by atoms with E-state index in [2.05, 4.69) is 15.4 Å². The van der Waals surface area contributed by atoms with Crippen molar-refractivity contribution >= 4 is 23.1 Å². The van der Waals surface area contributed by atoms with Gasteiger partial charge in [-0.15, -0.1) is 0 Å². The molecule has 0 fully saturated rings. The van der Waals surface area contributed by atoms with E-state index >= 15 is 0 Å². The van der Waals surface area contributed by atoms with Crippen LogP contribution in [0.2, 0.25) is 0 Å². The van der Waals surface area contributed by atoms with Crippen LogP contribution >= 0.6 is 0 Å². The van der Waals surface area contributed by atoms with Gasteiger partial charge in [0.2, 0.25) is 0 Å². The fourth-order valence-corrected chi connectivity index (χ4v) is 3.93. The normalized spacial score (nSPS) is 13.0. The molecule has 0 bridgehead atoms. The third kappa shape index (κ3) is 3.71. The molecule has 0 aliphatic carbocycles. The van der Waals surface area contributed by atoms with Gasteiger partial charge in [0.15, 0.2) is 0 Å². The second-order valence-electron chi connectivity index (χ2n) is 7.66. The summed E-state index contributed by atoms with van der Waals surface area (Å²) in [5.41, 5.74) is 1.22. The number of aromatic nitrogens is 3. The smallest absolute Gasteiger partial charge is 0.338 e. The Morgan fingerprint density at radius 1 is 1.03 bits per heavy atom. The number of halogens is 3. The Hall–Kier alpha value is -4.14. The Kier molecular flexibility index (Phi) is 4.88. The van der Waals surface area contributed by atoms with Crippen molar-refractivity contribution in [1.29, 1.82) is 0 Å². The van der Waals surface area contributed by atoms with Gasteiger partial charge in [0, 0.05) is 23.7 Å². The molecule has 5 rings (SSSR count). The molecular formula is C24H18F3N5O. The molecule has 0 unspecified atom stereocenters. The van der Waals surface area contributed by atoms with Gasteiger partial charge in [-0.3, -0.25) is 4.79 Å². The van der Waals surface area contributed by atoms with Gasteiger partial charge in [0.25, 0.3) is 5.91 Å². The first kappa shape index (κ1) is 20.7. The van der Waals surface area contributed by atoms with Crippen molar-refractivity contribution in [2.24, 2.45) is 0 Å². The van der Waals surface area contributed by atoms with Gasteiger partial charge in [0.05, 0.1) is 34.7 Å². The standard InChI is InChI=1S/C24H18F3N5O/c1-15-10-12-29-32(15)17-8-9-18(19(13-17)24(25,26)27)23(33)31-14-16-5-4-11-28-22(16)30-20-6-2-3-7-21(20)31/h2-13H,14H2,1H3,(H,28,30). The molecular weight excluding hydrogens is 431 g/mol. The fraction of sp³-hybridized carbons (Fsp3) is 0.125. The number of rotatable bonds is 2. The highest BCUT2D eigenvalue weighted by Gasteiger charge is 2.38. The van der Waals surface area contributed by atoms with Gasteiger partial charge in [-0.1, -0.05) is 18.2 Å². The minimum Gasteiger partial charge on any atom is -0.338 e. The largest absolute Gasteiger partial charge is 0.417 e. The van der Waals surface area contributed by atoms with Crippen molar-refractivity contribution in [2.75, 3.05) is 10.2 Å². The van der Waals surface area contributed by atoms with E-state index in [1.165, 1.54) is 27.9 Å². The molecule has 2 aromatic heterocycles. The van der Waals surface area contributed by atoms with Crippen LogP contribution in [-0.4, -0.2) is 20.7 Å². The van der Waals surface area contributed by atoms with Crippen molar-refractivity contribution in [2.45, 2.75) is 19.6 Å². The Bertz CT molecular complexity index is 1360. The molecule has 2 aromatic carbocycles. The fourth-order valence-electron chi connectivity index (χ4n) is 3.93. The number of hydrogen-bond donors (Lipinski definition) is 1. The molecule has 9 heteroatoms. The summed E-state index contributed by atoms with van der Waals surface area (Å²) in [7, 11) is 0. The summed E-state index contributed by atoms with van der Waals surface area (Å²) in [5.74, 6) is -0.196. The van der Waals surface area contributed by atoms with E-state index in [1.54, 1.807) is 55.6 Å². The zero-order chi connectivity index (χ0) is 23.2. The first-order chi connectivity index (χ1) is 15.8. The van der Waals surface area contributed by atoms with Crippen molar-refractivity contribution < 1.29 is 18.0 Å². The summed E-state index contributed by atoms with van der Waals surface area (Å²) in [6, 6.07) is 15.8. The topological polar surface area (TPSA) is 63.1 Å². The average Bonchev–Trinajstić information content (AvgIpc) is 3.15. The lowest BCUT2D eigenvalue weighted by molar-refractivity contribution is -0.137. The molecule has 6 nitrogen and oxygen atoms in total. The average molecular weight is 449 g/mol. The van der Waals surface area contributed by atoms with Gasteiger partial charge in [-0.05, 0) is 49.4 Å². The predicted molar refractivity (Wildman–Crippen MR) is 118 cm³/mol. The quantitative estimate of drug-likeness (QED) is 0.439. The number of hydrogen-bond acceptors (Lipinski definition) is 4. The molecule has 1 amide bonds. The second kappa shape index (κ2) is 7.77. The maximum absolute atomic E-state index is 14.1. The lowest BCUT2D eigenvalue weighted by Gasteiger charge is -2.24. The van der Waals surface area contributed by atoms with Gasteiger partial charge in [-0.2, -0.15) is 18.3 Å². The van der Waals surface area contributed by atoms with Gasteiger partial charge < -0.3 is 10.2 Å². The lowest BCUT2D eigenvalue weighted by Crippen LogP contribution is -2.32. The predicted octanol–water partition coefficient (Wildman–Crippen LogP) is 5.50. The number of anilines is 3. The number of carbonyl (C=O) groups excluding carboxylic acids is 1. The molecule has 1 aliphatic heterocycles. The van der Waals surface area contributed by atoms with E-state index in [1.807, 2.05) is 0 Å². The number of para-hydroxylation sites is 2. The van der Waals surface area contributed by atoms with Crippen molar-refractivity contribution in [3.63, 3.8) is 0 Å². The van der Waals surface area contributed by atoms with E-state index in [4.69, 9.17) is 0 Å². The van der Waals surface area contributed by atoms with Gasteiger partial charge in [-0.25, -0.2) is 9.67 Å². The molecule has 0 saturated carbocycles. The molecule has 0 radical (unpaired) electrons.